The Hall–Kier alpha value is -2.86. The molecule has 0 spiro atoms. The lowest BCUT2D eigenvalue weighted by atomic mass is 10.1. The zero-order chi connectivity index (χ0) is 26.7. The van der Waals surface area contributed by atoms with Gasteiger partial charge in [-0.2, -0.15) is 0 Å². The first kappa shape index (κ1) is 27.2. The van der Waals surface area contributed by atoms with Gasteiger partial charge in [0.2, 0.25) is 5.88 Å². The van der Waals surface area contributed by atoms with Crippen LogP contribution in [0.4, 0.5) is 14.5 Å². The lowest BCUT2D eigenvalue weighted by Gasteiger charge is -2.37. The largest absolute Gasteiger partial charge is 0.480 e. The average molecular weight is 552 g/mol. The molecule has 0 bridgehead atoms. The number of hydrogen-bond acceptors (Lipinski definition) is 7. The molecule has 1 fully saturated rings. The molecule has 8 nitrogen and oxygen atoms in total. The van der Waals surface area contributed by atoms with E-state index in [4.69, 9.17) is 16.3 Å². The number of methoxy groups -OCH3 is 1. The fraction of sp³-hybridized carbons (Fsp3) is 0.360. The zero-order valence-electron chi connectivity index (χ0n) is 20.7. The maximum atomic E-state index is 15.1. The number of rotatable bonds is 8. The van der Waals surface area contributed by atoms with Crippen LogP contribution in [0, 0.1) is 11.6 Å². The van der Waals surface area contributed by atoms with Crippen molar-refractivity contribution >= 4 is 27.3 Å². The number of halogens is 3. The van der Waals surface area contributed by atoms with E-state index in [1.165, 1.54) is 43.8 Å². The van der Waals surface area contributed by atoms with Gasteiger partial charge in [-0.15, -0.1) is 0 Å². The highest BCUT2D eigenvalue weighted by Gasteiger charge is 2.24. The molecule has 3 aromatic rings. The van der Waals surface area contributed by atoms with E-state index in [-0.39, 0.29) is 38.3 Å². The smallest absolute Gasteiger partial charge is 0.267 e. The summed E-state index contributed by atoms with van der Waals surface area (Å²) in [7, 11) is -2.87. The Morgan fingerprint density at radius 2 is 1.81 bits per heavy atom. The highest BCUT2D eigenvalue weighted by atomic mass is 35.5. The number of sulfonamides is 1. The summed E-state index contributed by atoms with van der Waals surface area (Å²) in [6.07, 6.45) is 2.57. The van der Waals surface area contributed by atoms with Crippen molar-refractivity contribution in [3.8, 4) is 17.1 Å². The Balaban J connectivity index is 1.54. The number of pyridine rings is 2. The van der Waals surface area contributed by atoms with Crippen LogP contribution in [-0.4, -0.2) is 67.5 Å². The van der Waals surface area contributed by atoms with E-state index in [0.29, 0.717) is 12.6 Å². The van der Waals surface area contributed by atoms with E-state index in [1.807, 2.05) is 0 Å². The van der Waals surface area contributed by atoms with Gasteiger partial charge in [-0.1, -0.05) is 17.7 Å². The summed E-state index contributed by atoms with van der Waals surface area (Å²) < 4.78 is 63.5. The minimum Gasteiger partial charge on any atom is -0.480 e. The van der Waals surface area contributed by atoms with Crippen LogP contribution in [0.5, 0.6) is 5.88 Å². The molecule has 3 heterocycles. The van der Waals surface area contributed by atoms with Crippen LogP contribution in [0.3, 0.4) is 0 Å². The Morgan fingerprint density at radius 3 is 2.49 bits per heavy atom. The van der Waals surface area contributed by atoms with Crippen molar-refractivity contribution in [1.29, 1.82) is 0 Å². The van der Waals surface area contributed by atoms with E-state index >= 15 is 8.78 Å². The van der Waals surface area contributed by atoms with Gasteiger partial charge in [0.25, 0.3) is 10.0 Å². The quantitative estimate of drug-likeness (QED) is 0.444. The van der Waals surface area contributed by atoms with Crippen LogP contribution in [0.15, 0.2) is 47.6 Å². The van der Waals surface area contributed by atoms with Gasteiger partial charge in [0.05, 0.1) is 23.5 Å². The first-order chi connectivity index (χ1) is 17.6. The molecular formula is C25H28ClF2N5O3S. The number of aromatic nitrogens is 2. The molecule has 37 heavy (non-hydrogen) atoms. The fourth-order valence-electron chi connectivity index (χ4n) is 4.19. The molecule has 1 aromatic carbocycles. The molecule has 1 N–H and O–H groups in total. The molecule has 2 aromatic heterocycles. The fourth-order valence-corrected chi connectivity index (χ4v) is 5.61. The predicted molar refractivity (Wildman–Crippen MR) is 138 cm³/mol. The SMILES string of the molecule is COc1ncc(Cl)cc1S(=O)(=O)Nc1ccnc(-c2ccc(CN3CCN(C(C)C)CC3)c(F)c2F)c1. The predicted octanol–water partition coefficient (Wildman–Crippen LogP) is 4.41. The summed E-state index contributed by atoms with van der Waals surface area (Å²) in [6.45, 7) is 7.89. The third kappa shape index (κ3) is 6.18. The van der Waals surface area contributed by atoms with E-state index in [0.717, 1.165) is 26.2 Å². The molecule has 198 valence electrons. The minimum absolute atomic E-state index is 0.0740. The molecule has 0 radical (unpaired) electrons. The Labute approximate surface area is 220 Å². The highest BCUT2D eigenvalue weighted by Crippen LogP contribution is 2.30. The van der Waals surface area contributed by atoms with Crippen molar-refractivity contribution in [3.05, 3.63) is 64.9 Å². The second kappa shape index (κ2) is 11.3. The summed E-state index contributed by atoms with van der Waals surface area (Å²) in [5.41, 5.74) is 0.356. The van der Waals surface area contributed by atoms with Gasteiger partial charge in [-0.25, -0.2) is 22.2 Å². The highest BCUT2D eigenvalue weighted by molar-refractivity contribution is 7.92. The second-order valence-electron chi connectivity index (χ2n) is 9.00. The summed E-state index contributed by atoms with van der Waals surface area (Å²) >= 11 is 5.91. The van der Waals surface area contributed by atoms with Crippen LogP contribution in [0.1, 0.15) is 19.4 Å². The van der Waals surface area contributed by atoms with Crippen LogP contribution in [0.25, 0.3) is 11.3 Å². The molecule has 1 aliphatic heterocycles. The maximum Gasteiger partial charge on any atom is 0.267 e. The third-order valence-corrected chi connectivity index (χ3v) is 7.83. The van der Waals surface area contributed by atoms with Crippen LogP contribution >= 0.6 is 11.6 Å². The molecule has 0 aliphatic carbocycles. The first-order valence-corrected chi connectivity index (χ1v) is 13.6. The molecule has 12 heteroatoms. The normalized spacial score (nSPS) is 15.2. The van der Waals surface area contributed by atoms with Crippen molar-refractivity contribution in [2.45, 2.75) is 31.3 Å². The van der Waals surface area contributed by atoms with Crippen molar-refractivity contribution in [3.63, 3.8) is 0 Å². The van der Waals surface area contributed by atoms with Crippen molar-refractivity contribution < 1.29 is 21.9 Å². The average Bonchev–Trinajstić information content (AvgIpc) is 2.87. The molecule has 1 aliphatic rings. The molecular weight excluding hydrogens is 524 g/mol. The summed E-state index contributed by atoms with van der Waals surface area (Å²) in [5.74, 6) is -2.11. The maximum absolute atomic E-state index is 15.1. The van der Waals surface area contributed by atoms with Crippen LogP contribution < -0.4 is 9.46 Å². The van der Waals surface area contributed by atoms with Gasteiger partial charge in [0.15, 0.2) is 16.5 Å². The van der Waals surface area contributed by atoms with Crippen LogP contribution in [-0.2, 0) is 16.6 Å². The van der Waals surface area contributed by atoms with Gasteiger partial charge >= 0.3 is 0 Å². The molecule has 0 amide bonds. The van der Waals surface area contributed by atoms with E-state index in [2.05, 4.69) is 38.3 Å². The Morgan fingerprint density at radius 1 is 1.08 bits per heavy atom. The number of hydrogen-bond donors (Lipinski definition) is 1. The lowest BCUT2D eigenvalue weighted by molar-refractivity contribution is 0.103. The molecule has 0 unspecified atom stereocenters. The molecule has 0 atom stereocenters. The van der Waals surface area contributed by atoms with E-state index in [9.17, 15) is 8.42 Å². The number of ether oxygens (including phenoxy) is 1. The minimum atomic E-state index is -4.15. The first-order valence-electron chi connectivity index (χ1n) is 11.7. The molecule has 4 rings (SSSR count). The standard InChI is InChI=1S/C25H28ClF2N5O3S/c1-16(2)33-10-8-32(9-11-33)15-17-4-5-20(24(28)23(17)27)21-13-19(6-7-29-21)31-37(34,35)22-12-18(26)14-30-25(22)36-3/h4-7,12-14,16H,8-11,15H2,1-3H3,(H,29,31). The summed E-state index contributed by atoms with van der Waals surface area (Å²) in [5, 5.41) is 0.107. The van der Waals surface area contributed by atoms with E-state index < -0.39 is 21.7 Å². The van der Waals surface area contributed by atoms with Gasteiger partial charge in [0, 0.05) is 62.3 Å². The Bertz CT molecular complexity index is 1380. The molecule has 1 saturated heterocycles. The second-order valence-corrected chi connectivity index (χ2v) is 11.1. The van der Waals surface area contributed by atoms with Crippen molar-refractivity contribution in [2.75, 3.05) is 38.0 Å². The number of piperazine rings is 1. The zero-order valence-corrected chi connectivity index (χ0v) is 22.3. The van der Waals surface area contributed by atoms with Gasteiger partial charge in [-0.3, -0.25) is 19.5 Å². The number of nitrogens with one attached hydrogen (secondary N) is 1. The number of nitrogens with zero attached hydrogens (tertiary/aromatic N) is 4. The summed E-state index contributed by atoms with van der Waals surface area (Å²) in [6, 6.07) is 7.38. The number of anilines is 1. The van der Waals surface area contributed by atoms with Crippen molar-refractivity contribution in [2.24, 2.45) is 0 Å². The summed E-state index contributed by atoms with van der Waals surface area (Å²) in [4.78, 5) is 12.2. The molecule has 0 saturated carbocycles. The van der Waals surface area contributed by atoms with Gasteiger partial charge in [-0.05, 0) is 38.1 Å². The van der Waals surface area contributed by atoms with Gasteiger partial charge < -0.3 is 4.74 Å². The number of benzene rings is 1. The lowest BCUT2D eigenvalue weighted by Crippen LogP contribution is -2.48. The Kier molecular flexibility index (Phi) is 8.27. The van der Waals surface area contributed by atoms with Gasteiger partial charge in [0.1, 0.15) is 0 Å². The third-order valence-electron chi connectivity index (χ3n) is 6.25. The van der Waals surface area contributed by atoms with Crippen LogP contribution in [0.2, 0.25) is 5.02 Å². The monoisotopic (exact) mass is 551 g/mol. The van der Waals surface area contributed by atoms with Crippen molar-refractivity contribution in [1.82, 2.24) is 19.8 Å². The van der Waals surface area contributed by atoms with E-state index in [1.54, 1.807) is 6.07 Å². The topological polar surface area (TPSA) is 87.7 Å².